The quantitative estimate of drug-likeness (QED) is 0.855. The largest absolute Gasteiger partial charge is 0.346 e. The number of hydrogen-bond acceptors (Lipinski definition) is 4. The molecule has 3 nitrogen and oxygen atoms in total. The molecule has 2 aliphatic rings. The fourth-order valence-electron chi connectivity index (χ4n) is 2.62. The molecule has 0 aliphatic carbocycles. The summed E-state index contributed by atoms with van der Waals surface area (Å²) in [7, 11) is 0. The highest BCUT2D eigenvalue weighted by Crippen LogP contribution is 2.30. The minimum Gasteiger partial charge on any atom is -0.346 e. The van der Waals surface area contributed by atoms with Gasteiger partial charge in [0.05, 0.1) is 0 Å². The van der Waals surface area contributed by atoms with Crippen molar-refractivity contribution in [2.75, 3.05) is 37.6 Å². The van der Waals surface area contributed by atoms with Gasteiger partial charge in [0.25, 0.3) is 0 Å². The Morgan fingerprint density at radius 2 is 1.79 bits per heavy atom. The lowest BCUT2D eigenvalue weighted by Crippen LogP contribution is -2.39. The van der Waals surface area contributed by atoms with Crippen LogP contribution in [0.4, 0.5) is 5.69 Å². The van der Waals surface area contributed by atoms with Gasteiger partial charge in [-0.05, 0) is 49.1 Å². The lowest BCUT2D eigenvalue weighted by Gasteiger charge is -2.26. The summed E-state index contributed by atoms with van der Waals surface area (Å²) in [6.07, 6.45) is 2.37. The molecule has 1 aromatic carbocycles. The number of nitrogens with zero attached hydrogens (tertiary/aromatic N) is 2. The number of piperazine rings is 1. The van der Waals surface area contributed by atoms with Crippen LogP contribution >= 0.6 is 11.9 Å². The molecule has 2 saturated heterocycles. The summed E-state index contributed by atoms with van der Waals surface area (Å²) in [6, 6.07) is 8.91. The van der Waals surface area contributed by atoms with E-state index in [-0.39, 0.29) is 0 Å². The van der Waals surface area contributed by atoms with E-state index < -0.39 is 0 Å². The Morgan fingerprint density at radius 1 is 1.05 bits per heavy atom. The Labute approximate surface area is 119 Å². The van der Waals surface area contributed by atoms with Crippen LogP contribution < -0.4 is 10.2 Å². The first-order valence-electron chi connectivity index (χ1n) is 7.02. The van der Waals surface area contributed by atoms with Gasteiger partial charge in [0.15, 0.2) is 0 Å². The van der Waals surface area contributed by atoms with Gasteiger partial charge < -0.3 is 10.2 Å². The van der Waals surface area contributed by atoms with Crippen LogP contribution in [0.2, 0.25) is 0 Å². The fraction of sp³-hybridized carbons (Fsp3) is 0.467. The highest BCUT2D eigenvalue weighted by atomic mass is 32.2. The van der Waals surface area contributed by atoms with E-state index in [1.165, 1.54) is 22.7 Å². The van der Waals surface area contributed by atoms with Crippen molar-refractivity contribution >= 4 is 17.6 Å². The second kappa shape index (κ2) is 5.99. The minimum atomic E-state index is 1.10. The van der Waals surface area contributed by atoms with Crippen molar-refractivity contribution in [2.45, 2.75) is 17.7 Å². The second-order valence-electron chi connectivity index (χ2n) is 5.09. The molecule has 0 amide bonds. The zero-order valence-electron chi connectivity index (χ0n) is 11.3. The molecular weight excluding hydrogens is 254 g/mol. The average Bonchev–Trinajstić information content (AvgIpc) is 2.87. The third-order valence-electron chi connectivity index (χ3n) is 3.69. The number of rotatable bonds is 3. The van der Waals surface area contributed by atoms with E-state index >= 15 is 0 Å². The molecule has 0 saturated carbocycles. The van der Waals surface area contributed by atoms with Gasteiger partial charge in [0, 0.05) is 49.0 Å². The Balaban J connectivity index is 1.63. The molecule has 1 aromatic rings. The molecule has 0 aromatic heterocycles. The highest BCUT2D eigenvalue weighted by molar-refractivity contribution is 7.97. The molecule has 2 aliphatic heterocycles. The van der Waals surface area contributed by atoms with Crippen molar-refractivity contribution < 1.29 is 0 Å². The Bertz CT molecular complexity index is 437. The van der Waals surface area contributed by atoms with Crippen LogP contribution in [0.3, 0.4) is 0 Å². The molecule has 0 atom stereocenters. The van der Waals surface area contributed by atoms with Crippen LogP contribution in [-0.2, 0) is 0 Å². The van der Waals surface area contributed by atoms with Crippen molar-refractivity contribution in [1.82, 2.24) is 9.62 Å². The van der Waals surface area contributed by atoms with Gasteiger partial charge in [0.2, 0.25) is 0 Å². The highest BCUT2D eigenvalue weighted by Gasteiger charge is 2.16. The van der Waals surface area contributed by atoms with E-state index in [4.69, 9.17) is 0 Å². The topological polar surface area (TPSA) is 18.5 Å². The first-order chi connectivity index (χ1) is 9.33. The smallest absolute Gasteiger partial charge is 0.0408 e. The van der Waals surface area contributed by atoms with Gasteiger partial charge in [-0.15, -0.1) is 0 Å². The normalized spacial score (nSPS) is 21.1. The van der Waals surface area contributed by atoms with E-state index in [0.717, 1.165) is 39.1 Å². The molecule has 0 bridgehead atoms. The molecule has 3 rings (SSSR count). The molecule has 0 radical (unpaired) electrons. The van der Waals surface area contributed by atoms with Crippen LogP contribution in [0.5, 0.6) is 0 Å². The zero-order valence-corrected chi connectivity index (χ0v) is 12.1. The Morgan fingerprint density at radius 3 is 2.42 bits per heavy atom. The van der Waals surface area contributed by atoms with Gasteiger partial charge in [-0.25, -0.2) is 4.31 Å². The predicted molar refractivity (Wildman–Crippen MR) is 82.5 cm³/mol. The summed E-state index contributed by atoms with van der Waals surface area (Å²) in [5.41, 5.74) is 2.54. The van der Waals surface area contributed by atoms with E-state index in [2.05, 4.69) is 45.4 Å². The van der Waals surface area contributed by atoms with Crippen molar-refractivity contribution in [2.24, 2.45) is 0 Å². The summed E-state index contributed by atoms with van der Waals surface area (Å²) < 4.78 is 2.43. The standard InChI is InChI=1S/C15H21N3S/c1-13-3-2-10-18(13)14-4-6-15(7-5-14)19-17-11-8-16-9-12-17/h4-7,16H,1-3,8-12H2. The maximum absolute atomic E-state index is 4.13. The number of nitrogens with one attached hydrogen (secondary N) is 1. The average molecular weight is 275 g/mol. The van der Waals surface area contributed by atoms with Crippen molar-refractivity contribution in [1.29, 1.82) is 0 Å². The maximum Gasteiger partial charge on any atom is 0.0408 e. The molecule has 2 heterocycles. The lowest BCUT2D eigenvalue weighted by molar-refractivity contribution is 0.396. The van der Waals surface area contributed by atoms with Crippen LogP contribution in [0.25, 0.3) is 0 Å². The van der Waals surface area contributed by atoms with Crippen LogP contribution in [0.15, 0.2) is 41.4 Å². The predicted octanol–water partition coefficient (Wildman–Crippen LogP) is 2.71. The van der Waals surface area contributed by atoms with Gasteiger partial charge in [-0.3, -0.25) is 0 Å². The molecular formula is C15H21N3S. The molecule has 0 unspecified atom stereocenters. The summed E-state index contributed by atoms with van der Waals surface area (Å²) in [6.45, 7) is 9.68. The number of anilines is 1. The Kier molecular flexibility index (Phi) is 4.11. The molecule has 1 N–H and O–H groups in total. The molecule has 19 heavy (non-hydrogen) atoms. The zero-order chi connectivity index (χ0) is 13.1. The Hall–Kier alpha value is -0.970. The number of benzene rings is 1. The first kappa shape index (κ1) is 13.0. The third-order valence-corrected chi connectivity index (χ3v) is 4.79. The van der Waals surface area contributed by atoms with Crippen LogP contribution in [-0.4, -0.2) is 37.0 Å². The van der Waals surface area contributed by atoms with E-state index in [9.17, 15) is 0 Å². The maximum atomic E-state index is 4.13. The van der Waals surface area contributed by atoms with Gasteiger partial charge in [0.1, 0.15) is 0 Å². The fourth-order valence-corrected chi connectivity index (χ4v) is 3.54. The third kappa shape index (κ3) is 3.14. The van der Waals surface area contributed by atoms with Crippen molar-refractivity contribution in [3.05, 3.63) is 36.5 Å². The van der Waals surface area contributed by atoms with Crippen LogP contribution in [0.1, 0.15) is 12.8 Å². The molecule has 0 spiro atoms. The second-order valence-corrected chi connectivity index (χ2v) is 6.26. The summed E-state index contributed by atoms with van der Waals surface area (Å²) in [4.78, 5) is 3.66. The van der Waals surface area contributed by atoms with Gasteiger partial charge >= 0.3 is 0 Å². The van der Waals surface area contributed by atoms with Gasteiger partial charge in [-0.2, -0.15) is 0 Å². The van der Waals surface area contributed by atoms with Gasteiger partial charge in [-0.1, -0.05) is 6.58 Å². The number of allylic oxidation sites excluding steroid dienone is 1. The summed E-state index contributed by atoms with van der Waals surface area (Å²) >= 11 is 1.87. The van der Waals surface area contributed by atoms with E-state index in [1.54, 1.807) is 0 Å². The molecule has 102 valence electrons. The minimum absolute atomic E-state index is 1.10. The van der Waals surface area contributed by atoms with Crippen molar-refractivity contribution in [3.8, 4) is 0 Å². The van der Waals surface area contributed by atoms with E-state index in [1.807, 2.05) is 11.9 Å². The van der Waals surface area contributed by atoms with E-state index in [0.29, 0.717) is 0 Å². The monoisotopic (exact) mass is 275 g/mol. The number of hydrogen-bond donors (Lipinski definition) is 1. The van der Waals surface area contributed by atoms with Crippen molar-refractivity contribution in [3.63, 3.8) is 0 Å². The SMILES string of the molecule is C=C1CCCN1c1ccc(SN2CCNCC2)cc1. The molecule has 2 fully saturated rings. The molecule has 4 heteroatoms. The summed E-state index contributed by atoms with van der Waals surface area (Å²) in [5.74, 6) is 0. The lowest BCUT2D eigenvalue weighted by atomic mass is 10.3. The van der Waals surface area contributed by atoms with Crippen LogP contribution in [0, 0.1) is 0 Å². The summed E-state index contributed by atoms with van der Waals surface area (Å²) in [5, 5.41) is 3.38. The first-order valence-corrected chi connectivity index (χ1v) is 7.79.